The first-order valence-corrected chi connectivity index (χ1v) is 9.23. The average molecular weight is 389 g/mol. The maximum absolute atomic E-state index is 12.4. The zero-order valence-corrected chi connectivity index (χ0v) is 16.2. The number of aromatic nitrogens is 3. The summed E-state index contributed by atoms with van der Waals surface area (Å²) in [5.41, 5.74) is 2.40. The van der Waals surface area contributed by atoms with Crippen LogP contribution in [0.2, 0.25) is 0 Å². The van der Waals surface area contributed by atoms with E-state index in [0.29, 0.717) is 22.6 Å². The fraction of sp³-hybridized carbons (Fsp3) is 0.333. The van der Waals surface area contributed by atoms with Crippen LogP contribution in [0.5, 0.6) is 0 Å². The predicted molar refractivity (Wildman–Crippen MR) is 97.5 cm³/mol. The molecule has 0 fully saturated rings. The van der Waals surface area contributed by atoms with Gasteiger partial charge in [0.15, 0.2) is 6.61 Å². The molecule has 27 heavy (non-hydrogen) atoms. The second-order valence-corrected chi connectivity index (χ2v) is 6.96. The van der Waals surface area contributed by atoms with Crippen molar-refractivity contribution < 1.29 is 23.6 Å². The van der Waals surface area contributed by atoms with Crippen molar-refractivity contribution in [3.63, 3.8) is 0 Å². The number of thiophene rings is 1. The molecule has 0 amide bonds. The standard InChI is InChI=1S/C18H19N3O5S/c1-9(2)25-17(22)14-10(3)15(19-11(14)4)18(23)24-7-13-20-16(21-26-13)12-5-6-27-8-12/h5-6,8-9,19H,7H2,1-4H3. The van der Waals surface area contributed by atoms with E-state index in [9.17, 15) is 9.59 Å². The summed E-state index contributed by atoms with van der Waals surface area (Å²) in [7, 11) is 0. The SMILES string of the molecule is Cc1[nH]c(C(=O)OCc2nc(-c3ccsc3)no2)c(C)c1C(=O)OC(C)C. The topological polar surface area (TPSA) is 107 Å². The molecule has 142 valence electrons. The Bertz CT molecular complexity index is 956. The molecule has 1 N–H and O–H groups in total. The lowest BCUT2D eigenvalue weighted by Gasteiger charge is -2.08. The molecule has 0 atom stereocenters. The Balaban J connectivity index is 1.69. The zero-order valence-electron chi connectivity index (χ0n) is 15.4. The number of aromatic amines is 1. The Kier molecular flexibility index (Phi) is 5.41. The fourth-order valence-electron chi connectivity index (χ4n) is 2.56. The Labute approximate surface area is 159 Å². The monoisotopic (exact) mass is 389 g/mol. The fourth-order valence-corrected chi connectivity index (χ4v) is 3.19. The molecule has 0 saturated heterocycles. The highest BCUT2D eigenvalue weighted by atomic mass is 32.1. The first kappa shape index (κ1) is 18.8. The summed E-state index contributed by atoms with van der Waals surface area (Å²) in [6, 6.07) is 1.87. The van der Waals surface area contributed by atoms with Crippen molar-refractivity contribution in [3.8, 4) is 11.4 Å². The van der Waals surface area contributed by atoms with Crippen molar-refractivity contribution in [2.24, 2.45) is 0 Å². The smallest absolute Gasteiger partial charge is 0.355 e. The van der Waals surface area contributed by atoms with Gasteiger partial charge in [-0.2, -0.15) is 16.3 Å². The lowest BCUT2D eigenvalue weighted by molar-refractivity contribution is 0.0376. The molecule has 3 aromatic heterocycles. The normalized spacial score (nSPS) is 11.0. The van der Waals surface area contributed by atoms with Crippen LogP contribution >= 0.6 is 11.3 Å². The molecule has 3 heterocycles. The maximum Gasteiger partial charge on any atom is 0.355 e. The van der Waals surface area contributed by atoms with E-state index in [-0.39, 0.29) is 24.3 Å². The molecule has 0 aromatic carbocycles. The van der Waals surface area contributed by atoms with Crippen molar-refractivity contribution in [3.05, 3.63) is 45.2 Å². The van der Waals surface area contributed by atoms with Gasteiger partial charge in [0.1, 0.15) is 5.69 Å². The third-order valence-electron chi connectivity index (χ3n) is 3.76. The van der Waals surface area contributed by atoms with Gasteiger partial charge in [0, 0.05) is 16.6 Å². The average Bonchev–Trinajstić information content (AvgIpc) is 3.31. The maximum atomic E-state index is 12.4. The number of carbonyl (C=O) groups is 2. The summed E-state index contributed by atoms with van der Waals surface area (Å²) in [4.78, 5) is 31.7. The van der Waals surface area contributed by atoms with E-state index in [1.807, 2.05) is 16.8 Å². The molecule has 0 aliphatic heterocycles. The van der Waals surface area contributed by atoms with Crippen LogP contribution in [0.4, 0.5) is 0 Å². The largest absolute Gasteiger partial charge is 0.459 e. The van der Waals surface area contributed by atoms with Crippen LogP contribution in [0.3, 0.4) is 0 Å². The van der Waals surface area contributed by atoms with E-state index in [1.165, 1.54) is 11.3 Å². The van der Waals surface area contributed by atoms with Gasteiger partial charge in [0.25, 0.3) is 5.89 Å². The molecule has 3 rings (SSSR count). The van der Waals surface area contributed by atoms with Crippen molar-refractivity contribution in [1.29, 1.82) is 0 Å². The first-order valence-electron chi connectivity index (χ1n) is 8.29. The van der Waals surface area contributed by atoms with E-state index in [4.69, 9.17) is 14.0 Å². The van der Waals surface area contributed by atoms with Crippen LogP contribution in [0.1, 0.15) is 51.8 Å². The predicted octanol–water partition coefficient (Wildman–Crippen LogP) is 3.67. The number of aryl methyl sites for hydroxylation is 1. The molecule has 0 unspecified atom stereocenters. The molecule has 9 heteroatoms. The summed E-state index contributed by atoms with van der Waals surface area (Å²) in [5.74, 6) is -0.472. The molecular formula is C18H19N3O5S. The molecule has 0 aliphatic carbocycles. The van der Waals surface area contributed by atoms with E-state index < -0.39 is 11.9 Å². The number of hydrogen-bond donors (Lipinski definition) is 1. The Hall–Kier alpha value is -2.94. The van der Waals surface area contributed by atoms with Crippen molar-refractivity contribution in [1.82, 2.24) is 15.1 Å². The summed E-state index contributed by atoms with van der Waals surface area (Å²) in [6.07, 6.45) is -0.253. The van der Waals surface area contributed by atoms with Crippen molar-refractivity contribution in [2.75, 3.05) is 0 Å². The van der Waals surface area contributed by atoms with Gasteiger partial charge in [-0.3, -0.25) is 0 Å². The van der Waals surface area contributed by atoms with Crippen LogP contribution < -0.4 is 0 Å². The number of hydrogen-bond acceptors (Lipinski definition) is 8. The second kappa shape index (κ2) is 7.75. The van der Waals surface area contributed by atoms with Crippen LogP contribution in [-0.2, 0) is 16.1 Å². The number of rotatable bonds is 6. The van der Waals surface area contributed by atoms with Gasteiger partial charge in [0.05, 0.1) is 11.7 Å². The summed E-state index contributed by atoms with van der Waals surface area (Å²) >= 11 is 1.52. The second-order valence-electron chi connectivity index (χ2n) is 6.18. The number of nitrogens with zero attached hydrogens (tertiary/aromatic N) is 2. The van der Waals surface area contributed by atoms with Crippen molar-refractivity contribution >= 4 is 23.3 Å². The highest BCUT2D eigenvalue weighted by Gasteiger charge is 2.25. The minimum absolute atomic E-state index is 0.167. The van der Waals surface area contributed by atoms with Gasteiger partial charge >= 0.3 is 11.9 Å². The number of H-pyrrole nitrogens is 1. The molecule has 0 spiro atoms. The van der Waals surface area contributed by atoms with Gasteiger partial charge in [-0.05, 0) is 44.7 Å². The zero-order chi connectivity index (χ0) is 19.6. The molecule has 0 radical (unpaired) electrons. The number of esters is 2. The van der Waals surface area contributed by atoms with Crippen LogP contribution in [0.25, 0.3) is 11.4 Å². The highest BCUT2D eigenvalue weighted by molar-refractivity contribution is 7.08. The van der Waals surface area contributed by atoms with E-state index in [0.717, 1.165) is 5.56 Å². The highest BCUT2D eigenvalue weighted by Crippen LogP contribution is 2.22. The van der Waals surface area contributed by atoms with E-state index in [1.54, 1.807) is 27.7 Å². The number of carbonyl (C=O) groups excluding carboxylic acids is 2. The summed E-state index contributed by atoms with van der Waals surface area (Å²) in [6.45, 7) is 6.72. The summed E-state index contributed by atoms with van der Waals surface area (Å²) in [5, 5.41) is 7.65. The quantitative estimate of drug-likeness (QED) is 0.641. The van der Waals surface area contributed by atoms with Crippen LogP contribution in [-0.4, -0.2) is 33.2 Å². The van der Waals surface area contributed by atoms with Gasteiger partial charge < -0.3 is 19.0 Å². The lowest BCUT2D eigenvalue weighted by Crippen LogP contribution is -2.13. The first-order chi connectivity index (χ1) is 12.9. The summed E-state index contributed by atoms with van der Waals surface area (Å²) < 4.78 is 15.6. The molecule has 0 aliphatic rings. The van der Waals surface area contributed by atoms with Crippen LogP contribution in [0, 0.1) is 13.8 Å². The molecule has 3 aromatic rings. The third-order valence-corrected chi connectivity index (χ3v) is 4.45. The molecule has 0 saturated carbocycles. The minimum Gasteiger partial charge on any atom is -0.459 e. The van der Waals surface area contributed by atoms with Crippen molar-refractivity contribution in [2.45, 2.75) is 40.4 Å². The van der Waals surface area contributed by atoms with Crippen LogP contribution in [0.15, 0.2) is 21.3 Å². The van der Waals surface area contributed by atoms with E-state index in [2.05, 4.69) is 15.1 Å². The van der Waals surface area contributed by atoms with Gasteiger partial charge in [-0.1, -0.05) is 5.16 Å². The Morgan fingerprint density at radius 3 is 2.74 bits per heavy atom. The third kappa shape index (κ3) is 4.08. The lowest BCUT2D eigenvalue weighted by atomic mass is 10.1. The Morgan fingerprint density at radius 1 is 1.30 bits per heavy atom. The van der Waals surface area contributed by atoms with E-state index >= 15 is 0 Å². The Morgan fingerprint density at radius 2 is 2.07 bits per heavy atom. The molecule has 8 nitrogen and oxygen atoms in total. The van der Waals surface area contributed by atoms with Gasteiger partial charge in [-0.25, -0.2) is 9.59 Å². The number of ether oxygens (including phenoxy) is 2. The van der Waals surface area contributed by atoms with Gasteiger partial charge in [-0.15, -0.1) is 0 Å². The molecule has 0 bridgehead atoms. The minimum atomic E-state index is -0.616. The molecular weight excluding hydrogens is 370 g/mol. The number of nitrogens with one attached hydrogen (secondary N) is 1. The van der Waals surface area contributed by atoms with Gasteiger partial charge in [0.2, 0.25) is 5.82 Å².